The van der Waals surface area contributed by atoms with E-state index in [1.807, 2.05) is 13.8 Å². The van der Waals surface area contributed by atoms with E-state index in [1.54, 1.807) is 6.07 Å². The van der Waals surface area contributed by atoms with Crippen LogP contribution in [0.3, 0.4) is 0 Å². The van der Waals surface area contributed by atoms with Crippen LogP contribution in [0.15, 0.2) is 22.7 Å². The van der Waals surface area contributed by atoms with Gasteiger partial charge >= 0.3 is 5.69 Å². The first-order chi connectivity index (χ1) is 9.93. The van der Waals surface area contributed by atoms with Crippen molar-refractivity contribution in [2.75, 3.05) is 12.8 Å². The number of ether oxygens (including phenoxy) is 1. The number of aromatic nitrogens is 1. The molecule has 0 saturated carbocycles. The molecule has 7 nitrogen and oxygen atoms in total. The van der Waals surface area contributed by atoms with Crippen molar-refractivity contribution < 1.29 is 14.2 Å². The molecule has 0 fully saturated rings. The van der Waals surface area contributed by atoms with Crippen molar-refractivity contribution in [3.8, 4) is 17.0 Å². The summed E-state index contributed by atoms with van der Waals surface area (Å²) in [5.41, 5.74) is 7.56. The van der Waals surface area contributed by atoms with E-state index in [4.69, 9.17) is 15.0 Å². The Morgan fingerprint density at radius 2 is 2.19 bits per heavy atom. The zero-order valence-electron chi connectivity index (χ0n) is 12.1. The van der Waals surface area contributed by atoms with Gasteiger partial charge in [0.15, 0.2) is 5.75 Å². The zero-order valence-corrected chi connectivity index (χ0v) is 12.1. The first kappa shape index (κ1) is 14.8. The van der Waals surface area contributed by atoms with Crippen molar-refractivity contribution >= 4 is 11.6 Å². The van der Waals surface area contributed by atoms with Crippen LogP contribution in [-0.2, 0) is 6.42 Å². The average Bonchev–Trinajstić information content (AvgIpc) is 2.79. The van der Waals surface area contributed by atoms with Crippen molar-refractivity contribution in [2.45, 2.75) is 20.3 Å². The van der Waals surface area contributed by atoms with Gasteiger partial charge in [-0.15, -0.1) is 0 Å². The van der Waals surface area contributed by atoms with Gasteiger partial charge in [-0.2, -0.15) is 0 Å². The van der Waals surface area contributed by atoms with E-state index in [2.05, 4.69) is 5.16 Å². The summed E-state index contributed by atoms with van der Waals surface area (Å²) in [5.74, 6) is 0.807. The fraction of sp³-hybridized carbons (Fsp3) is 0.357. The van der Waals surface area contributed by atoms with Gasteiger partial charge in [0.25, 0.3) is 0 Å². The van der Waals surface area contributed by atoms with Gasteiger partial charge < -0.3 is 15.0 Å². The van der Waals surface area contributed by atoms with Crippen molar-refractivity contribution in [3.05, 3.63) is 33.9 Å². The van der Waals surface area contributed by atoms with Crippen molar-refractivity contribution in [1.29, 1.82) is 0 Å². The lowest BCUT2D eigenvalue weighted by molar-refractivity contribution is -0.385. The molecule has 2 rings (SSSR count). The van der Waals surface area contributed by atoms with Crippen molar-refractivity contribution in [2.24, 2.45) is 5.92 Å². The molecule has 2 aromatic rings. The molecule has 1 heterocycles. The van der Waals surface area contributed by atoms with Gasteiger partial charge in [0.1, 0.15) is 5.69 Å². The van der Waals surface area contributed by atoms with Crippen molar-refractivity contribution in [1.82, 2.24) is 5.16 Å². The molecule has 2 N–H and O–H groups in total. The highest BCUT2D eigenvalue weighted by molar-refractivity contribution is 5.71. The van der Waals surface area contributed by atoms with E-state index in [-0.39, 0.29) is 17.3 Å². The summed E-state index contributed by atoms with van der Waals surface area (Å²) in [6.45, 7) is 4.10. The molecule has 7 heteroatoms. The van der Waals surface area contributed by atoms with Crippen LogP contribution in [0.5, 0.6) is 5.75 Å². The SMILES string of the molecule is COc1ccc(-c2noc(N)c2CC(C)C)cc1[N+](=O)[O-]. The monoisotopic (exact) mass is 291 g/mol. The van der Waals surface area contributed by atoms with Gasteiger partial charge in [-0.05, 0) is 24.5 Å². The Bertz CT molecular complexity index is 664. The number of nitrogens with two attached hydrogens (primary N) is 1. The number of nitrogens with zero attached hydrogens (tertiary/aromatic N) is 2. The van der Waals surface area contributed by atoms with Crippen LogP contribution in [0, 0.1) is 16.0 Å². The van der Waals surface area contributed by atoms with E-state index in [9.17, 15) is 10.1 Å². The Morgan fingerprint density at radius 1 is 1.48 bits per heavy atom. The second kappa shape index (κ2) is 5.82. The molecule has 0 unspecified atom stereocenters. The topological polar surface area (TPSA) is 104 Å². The van der Waals surface area contributed by atoms with Gasteiger partial charge in [0.05, 0.1) is 12.0 Å². The summed E-state index contributed by atoms with van der Waals surface area (Å²) >= 11 is 0. The number of hydrogen-bond acceptors (Lipinski definition) is 6. The molecule has 0 bridgehead atoms. The smallest absolute Gasteiger partial charge is 0.311 e. The minimum atomic E-state index is -0.492. The highest BCUT2D eigenvalue weighted by Gasteiger charge is 2.21. The number of methoxy groups -OCH3 is 1. The van der Waals surface area contributed by atoms with Crippen LogP contribution in [0.4, 0.5) is 11.6 Å². The van der Waals surface area contributed by atoms with Gasteiger partial charge in [-0.1, -0.05) is 19.0 Å². The quantitative estimate of drug-likeness (QED) is 0.670. The van der Waals surface area contributed by atoms with Gasteiger partial charge in [-0.3, -0.25) is 10.1 Å². The molecule has 0 aliphatic carbocycles. The molecule has 1 aromatic carbocycles. The minimum absolute atomic E-state index is 0.118. The average molecular weight is 291 g/mol. The third-order valence-corrected chi connectivity index (χ3v) is 3.08. The molecular weight excluding hydrogens is 274 g/mol. The number of nitro groups is 1. The van der Waals surface area contributed by atoms with Crippen LogP contribution in [-0.4, -0.2) is 17.2 Å². The van der Waals surface area contributed by atoms with E-state index >= 15 is 0 Å². The Labute approximate surface area is 121 Å². The molecule has 0 aliphatic heterocycles. The normalized spacial score (nSPS) is 10.9. The summed E-state index contributed by atoms with van der Waals surface area (Å²) < 4.78 is 10.0. The third-order valence-electron chi connectivity index (χ3n) is 3.08. The first-order valence-corrected chi connectivity index (χ1v) is 6.50. The van der Waals surface area contributed by atoms with E-state index in [0.717, 1.165) is 5.56 Å². The maximum Gasteiger partial charge on any atom is 0.311 e. The van der Waals surface area contributed by atoms with Gasteiger partial charge in [-0.25, -0.2) is 0 Å². The molecule has 0 radical (unpaired) electrons. The summed E-state index contributed by atoms with van der Waals surface area (Å²) in [6, 6.07) is 4.66. The van der Waals surface area contributed by atoms with Crippen LogP contribution in [0.25, 0.3) is 11.3 Å². The Balaban J connectivity index is 2.52. The fourth-order valence-corrected chi connectivity index (χ4v) is 2.13. The second-order valence-corrected chi connectivity index (χ2v) is 5.12. The maximum absolute atomic E-state index is 11.1. The largest absolute Gasteiger partial charge is 0.490 e. The number of rotatable bonds is 5. The third kappa shape index (κ3) is 2.96. The molecule has 0 amide bonds. The predicted octanol–water partition coefficient (Wildman–Crippen LogP) is 3.04. The molecule has 0 spiro atoms. The number of anilines is 1. The maximum atomic E-state index is 11.1. The molecular formula is C14H17N3O4. The predicted molar refractivity (Wildman–Crippen MR) is 78.1 cm³/mol. The second-order valence-electron chi connectivity index (χ2n) is 5.12. The lowest BCUT2D eigenvalue weighted by Crippen LogP contribution is -1.99. The lowest BCUT2D eigenvalue weighted by atomic mass is 9.99. The molecule has 0 atom stereocenters. The Hall–Kier alpha value is -2.57. The standard InChI is InChI=1S/C14H17N3O4/c1-8(2)6-10-13(16-21-14(10)15)9-4-5-12(20-3)11(7-9)17(18)19/h4-5,7-8H,6,15H2,1-3H3. The van der Waals surface area contributed by atoms with Crippen molar-refractivity contribution in [3.63, 3.8) is 0 Å². The number of hydrogen-bond donors (Lipinski definition) is 1. The van der Waals surface area contributed by atoms with Gasteiger partial charge in [0.2, 0.25) is 5.88 Å². The highest BCUT2D eigenvalue weighted by Crippen LogP contribution is 2.35. The molecule has 21 heavy (non-hydrogen) atoms. The first-order valence-electron chi connectivity index (χ1n) is 6.50. The number of nitrogen functional groups attached to an aromatic ring is 1. The zero-order chi connectivity index (χ0) is 15.6. The van der Waals surface area contributed by atoms with Crippen LogP contribution < -0.4 is 10.5 Å². The Kier molecular flexibility index (Phi) is 4.11. The summed E-state index contributed by atoms with van der Waals surface area (Å²) in [6.07, 6.45) is 0.685. The Morgan fingerprint density at radius 3 is 2.76 bits per heavy atom. The van der Waals surface area contributed by atoms with Crippen LogP contribution in [0.2, 0.25) is 0 Å². The summed E-state index contributed by atoms with van der Waals surface area (Å²) in [7, 11) is 1.39. The highest BCUT2D eigenvalue weighted by atomic mass is 16.6. The fourth-order valence-electron chi connectivity index (χ4n) is 2.13. The van der Waals surface area contributed by atoms with Crippen LogP contribution >= 0.6 is 0 Å². The summed E-state index contributed by atoms with van der Waals surface area (Å²) in [5, 5.41) is 15.0. The lowest BCUT2D eigenvalue weighted by Gasteiger charge is -2.06. The van der Waals surface area contributed by atoms with E-state index < -0.39 is 4.92 Å². The van der Waals surface area contributed by atoms with Crippen LogP contribution in [0.1, 0.15) is 19.4 Å². The molecule has 1 aromatic heterocycles. The number of benzene rings is 1. The van der Waals surface area contributed by atoms with Gasteiger partial charge in [0, 0.05) is 17.2 Å². The molecule has 0 aliphatic rings. The molecule has 112 valence electrons. The molecule has 0 saturated heterocycles. The van der Waals surface area contributed by atoms with E-state index in [0.29, 0.717) is 23.6 Å². The number of nitro benzene ring substituents is 1. The minimum Gasteiger partial charge on any atom is -0.490 e. The van der Waals surface area contributed by atoms with E-state index in [1.165, 1.54) is 19.2 Å². The summed E-state index contributed by atoms with van der Waals surface area (Å²) in [4.78, 5) is 10.6.